The van der Waals surface area contributed by atoms with E-state index < -0.39 is 21.7 Å². The van der Waals surface area contributed by atoms with Gasteiger partial charge in [-0.25, -0.2) is 17.8 Å². The summed E-state index contributed by atoms with van der Waals surface area (Å²) in [7, 11) is -3.78. The predicted octanol–water partition coefficient (Wildman–Crippen LogP) is 3.96. The minimum absolute atomic E-state index is 0.0303. The van der Waals surface area contributed by atoms with E-state index >= 15 is 0 Å². The maximum atomic E-state index is 13.6. The van der Waals surface area contributed by atoms with Gasteiger partial charge in [0.05, 0.1) is 10.4 Å². The molecule has 0 radical (unpaired) electrons. The Morgan fingerprint density at radius 1 is 1.16 bits per heavy atom. The normalized spacial score (nSPS) is 11.3. The van der Waals surface area contributed by atoms with Crippen molar-refractivity contribution in [1.82, 2.24) is 9.97 Å². The third-order valence-electron chi connectivity index (χ3n) is 4.32. The van der Waals surface area contributed by atoms with Crippen LogP contribution in [-0.4, -0.2) is 30.9 Å². The van der Waals surface area contributed by atoms with Gasteiger partial charge in [-0.05, 0) is 49.4 Å². The van der Waals surface area contributed by atoms with Crippen LogP contribution in [0.25, 0.3) is 10.9 Å². The van der Waals surface area contributed by atoms with Crippen LogP contribution in [0.15, 0.2) is 65.0 Å². The molecule has 2 N–H and O–H groups in total. The highest BCUT2D eigenvalue weighted by Gasteiger charge is 2.16. The first-order valence-electron chi connectivity index (χ1n) is 9.32. The van der Waals surface area contributed by atoms with Gasteiger partial charge in [0, 0.05) is 34.4 Å². The van der Waals surface area contributed by atoms with E-state index in [2.05, 4.69) is 20.0 Å². The van der Waals surface area contributed by atoms with Crippen molar-refractivity contribution in [3.05, 3.63) is 71.6 Å². The van der Waals surface area contributed by atoms with Gasteiger partial charge in [-0.3, -0.25) is 14.5 Å². The molecule has 0 atom stereocenters. The summed E-state index contributed by atoms with van der Waals surface area (Å²) in [5.41, 5.74) is 1.63. The molecule has 0 aliphatic carbocycles. The minimum atomic E-state index is -3.78. The second-order valence-corrected chi connectivity index (χ2v) is 9.30. The van der Waals surface area contributed by atoms with Crippen LogP contribution in [0.5, 0.6) is 5.75 Å². The molecule has 0 saturated heterocycles. The van der Waals surface area contributed by atoms with E-state index in [1.54, 1.807) is 24.4 Å². The number of rotatable bonds is 7. The smallest absolute Gasteiger partial charge is 0.263 e. The number of amides is 1. The summed E-state index contributed by atoms with van der Waals surface area (Å²) < 4.78 is 46.3. The van der Waals surface area contributed by atoms with Crippen LogP contribution in [0.2, 0.25) is 0 Å². The molecule has 0 saturated carbocycles. The minimum Gasteiger partial charge on any atom is -0.483 e. The number of sulfonamides is 1. The average molecular weight is 473 g/mol. The number of benzene rings is 2. The van der Waals surface area contributed by atoms with E-state index in [0.29, 0.717) is 28.0 Å². The number of carbonyl (C=O) groups is 1. The first kappa shape index (κ1) is 21.7. The number of hydrogen-bond acceptors (Lipinski definition) is 7. The van der Waals surface area contributed by atoms with Crippen LogP contribution in [0, 0.1) is 12.7 Å². The van der Waals surface area contributed by atoms with E-state index in [-0.39, 0.29) is 16.6 Å². The maximum absolute atomic E-state index is 13.6. The summed E-state index contributed by atoms with van der Waals surface area (Å²) in [5.74, 6) is -0.547. The monoisotopic (exact) mass is 472 g/mol. The van der Waals surface area contributed by atoms with Crippen molar-refractivity contribution in [3.63, 3.8) is 0 Å². The SMILES string of the molecule is Cc1cc(OCC(=O)Nc2ccc(S(=O)(=O)Nc3nccs3)cc2)c2cc(F)ccc2n1. The predicted molar refractivity (Wildman–Crippen MR) is 120 cm³/mol. The van der Waals surface area contributed by atoms with Crippen molar-refractivity contribution in [2.75, 3.05) is 16.6 Å². The first-order chi connectivity index (χ1) is 15.3. The average Bonchev–Trinajstić information content (AvgIpc) is 3.25. The van der Waals surface area contributed by atoms with E-state index in [1.807, 2.05) is 0 Å². The van der Waals surface area contributed by atoms with Crippen LogP contribution in [-0.2, 0) is 14.8 Å². The fourth-order valence-electron chi connectivity index (χ4n) is 2.92. The fraction of sp³-hybridized carbons (Fsp3) is 0.0952. The molecule has 0 aliphatic heterocycles. The lowest BCUT2D eigenvalue weighted by molar-refractivity contribution is -0.118. The molecule has 0 bridgehead atoms. The highest BCUT2D eigenvalue weighted by molar-refractivity contribution is 7.93. The van der Waals surface area contributed by atoms with Gasteiger partial charge in [-0.1, -0.05) is 0 Å². The van der Waals surface area contributed by atoms with Crippen LogP contribution in [0.1, 0.15) is 5.69 Å². The number of nitrogens with zero attached hydrogens (tertiary/aromatic N) is 2. The number of hydrogen-bond donors (Lipinski definition) is 2. The Bertz CT molecular complexity index is 1380. The summed E-state index contributed by atoms with van der Waals surface area (Å²) in [5, 5.41) is 5.02. The molecule has 32 heavy (non-hydrogen) atoms. The third kappa shape index (κ3) is 5.01. The fourth-order valence-corrected chi connectivity index (χ4v) is 4.71. The highest BCUT2D eigenvalue weighted by atomic mass is 32.2. The second kappa shape index (κ2) is 8.89. The largest absolute Gasteiger partial charge is 0.483 e. The van der Waals surface area contributed by atoms with Gasteiger partial charge in [-0.2, -0.15) is 0 Å². The molecule has 1 amide bonds. The Labute approximate surface area is 187 Å². The van der Waals surface area contributed by atoms with Crippen LogP contribution in [0.3, 0.4) is 0 Å². The van der Waals surface area contributed by atoms with E-state index in [0.717, 1.165) is 11.3 Å². The van der Waals surface area contributed by atoms with Crippen molar-refractivity contribution in [2.45, 2.75) is 11.8 Å². The molecule has 4 aromatic rings. The Hall–Kier alpha value is -3.57. The Balaban J connectivity index is 1.41. The number of halogens is 1. The number of carbonyl (C=O) groups excluding carboxylic acids is 1. The molecule has 2 heterocycles. The lowest BCUT2D eigenvalue weighted by Gasteiger charge is -2.11. The molecule has 4 rings (SSSR count). The molecule has 0 fully saturated rings. The summed E-state index contributed by atoms with van der Waals surface area (Å²) in [6.07, 6.45) is 1.50. The summed E-state index contributed by atoms with van der Waals surface area (Å²) in [6.45, 7) is 1.45. The van der Waals surface area contributed by atoms with Gasteiger partial charge in [0.15, 0.2) is 11.7 Å². The molecule has 164 valence electrons. The van der Waals surface area contributed by atoms with Crippen molar-refractivity contribution in [2.24, 2.45) is 0 Å². The number of aromatic nitrogens is 2. The third-order valence-corrected chi connectivity index (χ3v) is 6.49. The first-order valence-corrected chi connectivity index (χ1v) is 11.7. The van der Waals surface area contributed by atoms with E-state index in [9.17, 15) is 17.6 Å². The van der Waals surface area contributed by atoms with Gasteiger partial charge in [0.1, 0.15) is 11.6 Å². The molecular weight excluding hydrogens is 455 g/mol. The van der Waals surface area contributed by atoms with Crippen molar-refractivity contribution >= 4 is 49.0 Å². The van der Waals surface area contributed by atoms with Gasteiger partial charge >= 0.3 is 0 Å². The van der Waals surface area contributed by atoms with Gasteiger partial charge < -0.3 is 10.1 Å². The van der Waals surface area contributed by atoms with Crippen molar-refractivity contribution in [3.8, 4) is 5.75 Å². The quantitative estimate of drug-likeness (QED) is 0.421. The summed E-state index contributed by atoms with van der Waals surface area (Å²) in [6, 6.07) is 11.5. The Morgan fingerprint density at radius 3 is 2.66 bits per heavy atom. The van der Waals surface area contributed by atoms with Crippen molar-refractivity contribution < 1.29 is 22.3 Å². The summed E-state index contributed by atoms with van der Waals surface area (Å²) in [4.78, 5) is 20.5. The second-order valence-electron chi connectivity index (χ2n) is 6.73. The topological polar surface area (TPSA) is 110 Å². The standard InChI is InChI=1S/C21H17FN4O4S2/c1-13-10-19(17-11-14(22)2-7-18(17)24-13)30-12-20(27)25-15-3-5-16(6-4-15)32(28,29)26-21-23-8-9-31-21/h2-11H,12H2,1H3,(H,23,26)(H,25,27). The molecule has 0 aliphatic rings. The van der Waals surface area contributed by atoms with Gasteiger partial charge in [0.2, 0.25) is 0 Å². The van der Waals surface area contributed by atoms with Crippen LogP contribution in [0.4, 0.5) is 15.2 Å². The van der Waals surface area contributed by atoms with Gasteiger partial charge in [-0.15, -0.1) is 11.3 Å². The Morgan fingerprint density at radius 2 is 1.94 bits per heavy atom. The zero-order chi connectivity index (χ0) is 22.7. The number of ether oxygens (including phenoxy) is 1. The number of nitrogens with one attached hydrogen (secondary N) is 2. The zero-order valence-electron chi connectivity index (χ0n) is 16.7. The molecule has 0 spiro atoms. The van der Waals surface area contributed by atoms with E-state index in [4.69, 9.17) is 4.74 Å². The van der Waals surface area contributed by atoms with Crippen LogP contribution >= 0.6 is 11.3 Å². The maximum Gasteiger partial charge on any atom is 0.263 e. The Kier molecular flexibility index (Phi) is 6.01. The lowest BCUT2D eigenvalue weighted by Crippen LogP contribution is -2.20. The highest BCUT2D eigenvalue weighted by Crippen LogP contribution is 2.26. The lowest BCUT2D eigenvalue weighted by atomic mass is 10.2. The van der Waals surface area contributed by atoms with Gasteiger partial charge in [0.25, 0.3) is 15.9 Å². The molecule has 11 heteroatoms. The van der Waals surface area contributed by atoms with Crippen LogP contribution < -0.4 is 14.8 Å². The number of pyridine rings is 1. The number of thiazole rings is 1. The molecule has 2 aromatic carbocycles. The van der Waals surface area contributed by atoms with E-state index in [1.165, 1.54) is 42.6 Å². The molecule has 2 aromatic heterocycles. The molecular formula is C21H17FN4O4S2. The molecule has 8 nitrogen and oxygen atoms in total. The number of anilines is 2. The van der Waals surface area contributed by atoms with Crippen molar-refractivity contribution in [1.29, 1.82) is 0 Å². The summed E-state index contributed by atoms with van der Waals surface area (Å²) >= 11 is 1.16. The molecule has 0 unspecified atom stereocenters. The zero-order valence-corrected chi connectivity index (χ0v) is 18.3. The number of fused-ring (bicyclic) bond motifs is 1. The number of aryl methyl sites for hydroxylation is 1.